The fourth-order valence-electron chi connectivity index (χ4n) is 2.73. The normalized spacial score (nSPS) is 12.2. The summed E-state index contributed by atoms with van der Waals surface area (Å²) in [5, 5.41) is 3.05. The van der Waals surface area contributed by atoms with Crippen LogP contribution in [0.1, 0.15) is 45.6 Å². The standard InChI is InChI=1S/C19H32N2O2/c1-5-21(6-2)16(3)15-20-19(22)10-8-7-9-17-11-13-18(23-4)14-12-17/h11-14,16H,5-10,15H2,1-4H3,(H,20,22). The number of nitrogens with one attached hydrogen (secondary N) is 1. The van der Waals surface area contributed by atoms with Crippen molar-refractivity contribution in [2.75, 3.05) is 26.7 Å². The quantitative estimate of drug-likeness (QED) is 0.636. The van der Waals surface area contributed by atoms with Gasteiger partial charge >= 0.3 is 0 Å². The molecule has 23 heavy (non-hydrogen) atoms. The average Bonchev–Trinajstić information content (AvgIpc) is 2.58. The van der Waals surface area contributed by atoms with E-state index in [2.05, 4.69) is 43.1 Å². The Kier molecular flexibility index (Phi) is 9.37. The minimum atomic E-state index is 0.165. The van der Waals surface area contributed by atoms with Crippen LogP contribution in [0.25, 0.3) is 0 Å². The summed E-state index contributed by atoms with van der Waals surface area (Å²) in [4.78, 5) is 14.2. The first kappa shape index (κ1) is 19.5. The lowest BCUT2D eigenvalue weighted by Crippen LogP contribution is -2.41. The zero-order valence-corrected chi connectivity index (χ0v) is 15.1. The molecule has 0 aliphatic rings. The highest BCUT2D eigenvalue weighted by Crippen LogP contribution is 2.13. The number of hydrogen-bond acceptors (Lipinski definition) is 3. The van der Waals surface area contributed by atoms with Gasteiger partial charge in [0.2, 0.25) is 5.91 Å². The molecule has 1 N–H and O–H groups in total. The number of carbonyl (C=O) groups is 1. The van der Waals surface area contributed by atoms with Gasteiger partial charge in [-0.3, -0.25) is 9.69 Å². The molecule has 0 saturated carbocycles. The molecule has 1 aromatic carbocycles. The Morgan fingerprint density at radius 3 is 2.39 bits per heavy atom. The van der Waals surface area contributed by atoms with Crippen molar-refractivity contribution >= 4 is 5.91 Å². The van der Waals surface area contributed by atoms with Crippen molar-refractivity contribution in [1.29, 1.82) is 0 Å². The first-order chi connectivity index (χ1) is 11.1. The molecule has 130 valence electrons. The van der Waals surface area contributed by atoms with Crippen molar-refractivity contribution < 1.29 is 9.53 Å². The van der Waals surface area contributed by atoms with E-state index in [-0.39, 0.29) is 5.91 Å². The van der Waals surface area contributed by atoms with E-state index in [0.717, 1.165) is 44.6 Å². The number of amides is 1. The van der Waals surface area contributed by atoms with Gasteiger partial charge in [0.1, 0.15) is 5.75 Å². The second-order valence-corrected chi connectivity index (χ2v) is 5.93. The Bertz CT molecular complexity index is 441. The Morgan fingerprint density at radius 2 is 1.83 bits per heavy atom. The molecule has 0 spiro atoms. The van der Waals surface area contributed by atoms with Gasteiger partial charge in [-0.1, -0.05) is 26.0 Å². The summed E-state index contributed by atoms with van der Waals surface area (Å²) < 4.78 is 5.15. The molecule has 1 unspecified atom stereocenters. The fraction of sp³-hybridized carbons (Fsp3) is 0.632. The molecule has 0 saturated heterocycles. The smallest absolute Gasteiger partial charge is 0.220 e. The maximum atomic E-state index is 11.9. The summed E-state index contributed by atoms with van der Waals surface area (Å²) in [6.07, 6.45) is 3.58. The molecule has 0 bridgehead atoms. The van der Waals surface area contributed by atoms with Gasteiger partial charge in [-0.25, -0.2) is 0 Å². The third kappa shape index (κ3) is 7.51. The van der Waals surface area contributed by atoms with Crippen molar-refractivity contribution in [3.05, 3.63) is 29.8 Å². The highest BCUT2D eigenvalue weighted by Gasteiger charge is 2.10. The van der Waals surface area contributed by atoms with Crippen molar-refractivity contribution in [1.82, 2.24) is 10.2 Å². The van der Waals surface area contributed by atoms with Gasteiger partial charge in [-0.05, 0) is 57.0 Å². The highest BCUT2D eigenvalue weighted by molar-refractivity contribution is 5.75. The molecule has 0 aliphatic heterocycles. The predicted octanol–water partition coefficient (Wildman–Crippen LogP) is 3.25. The van der Waals surface area contributed by atoms with Crippen molar-refractivity contribution in [3.63, 3.8) is 0 Å². The number of rotatable bonds is 11. The predicted molar refractivity (Wildman–Crippen MR) is 95.9 cm³/mol. The lowest BCUT2D eigenvalue weighted by atomic mass is 10.1. The van der Waals surface area contributed by atoms with Crippen LogP contribution in [-0.4, -0.2) is 43.6 Å². The maximum absolute atomic E-state index is 11.9. The number of aryl methyl sites for hydroxylation is 1. The van der Waals surface area contributed by atoms with Crippen LogP contribution in [0.5, 0.6) is 5.75 Å². The van der Waals surface area contributed by atoms with E-state index in [9.17, 15) is 4.79 Å². The minimum absolute atomic E-state index is 0.165. The molecule has 0 aliphatic carbocycles. The molecule has 0 fully saturated rings. The number of benzene rings is 1. The van der Waals surface area contributed by atoms with E-state index in [1.807, 2.05) is 12.1 Å². The number of carbonyl (C=O) groups excluding carboxylic acids is 1. The largest absolute Gasteiger partial charge is 0.497 e. The number of nitrogens with zero attached hydrogens (tertiary/aromatic N) is 1. The second kappa shape index (κ2) is 11.1. The molecular formula is C19H32N2O2. The van der Waals surface area contributed by atoms with Gasteiger partial charge in [0, 0.05) is 19.0 Å². The minimum Gasteiger partial charge on any atom is -0.497 e. The van der Waals surface area contributed by atoms with E-state index in [1.54, 1.807) is 7.11 Å². The molecule has 0 radical (unpaired) electrons. The highest BCUT2D eigenvalue weighted by atomic mass is 16.5. The van der Waals surface area contributed by atoms with E-state index in [0.29, 0.717) is 12.5 Å². The summed E-state index contributed by atoms with van der Waals surface area (Å²) in [5.41, 5.74) is 1.29. The van der Waals surface area contributed by atoms with E-state index < -0.39 is 0 Å². The summed E-state index contributed by atoms with van der Waals surface area (Å²) in [5.74, 6) is 1.05. The van der Waals surface area contributed by atoms with Crippen LogP contribution < -0.4 is 10.1 Å². The molecule has 1 atom stereocenters. The number of methoxy groups -OCH3 is 1. The van der Waals surface area contributed by atoms with Crippen LogP contribution in [-0.2, 0) is 11.2 Å². The summed E-state index contributed by atoms with van der Waals surface area (Å²) >= 11 is 0. The van der Waals surface area contributed by atoms with Crippen LogP contribution in [0.4, 0.5) is 0 Å². The first-order valence-corrected chi connectivity index (χ1v) is 8.74. The lowest BCUT2D eigenvalue weighted by molar-refractivity contribution is -0.121. The Balaban J connectivity index is 2.16. The van der Waals surface area contributed by atoms with Crippen molar-refractivity contribution in [2.45, 2.75) is 52.5 Å². The number of unbranched alkanes of at least 4 members (excludes halogenated alkanes) is 1. The van der Waals surface area contributed by atoms with Crippen LogP contribution >= 0.6 is 0 Å². The SMILES string of the molecule is CCN(CC)C(C)CNC(=O)CCCCc1ccc(OC)cc1. The Hall–Kier alpha value is -1.55. The van der Waals surface area contributed by atoms with Crippen LogP contribution in [0.3, 0.4) is 0 Å². The van der Waals surface area contributed by atoms with Gasteiger partial charge in [0.25, 0.3) is 0 Å². The van der Waals surface area contributed by atoms with E-state index in [1.165, 1.54) is 5.56 Å². The zero-order chi connectivity index (χ0) is 17.1. The molecule has 0 heterocycles. The number of ether oxygens (including phenoxy) is 1. The lowest BCUT2D eigenvalue weighted by Gasteiger charge is -2.26. The fourth-order valence-corrected chi connectivity index (χ4v) is 2.73. The monoisotopic (exact) mass is 320 g/mol. The van der Waals surface area contributed by atoms with E-state index >= 15 is 0 Å². The van der Waals surface area contributed by atoms with Gasteiger partial charge in [-0.15, -0.1) is 0 Å². The van der Waals surface area contributed by atoms with Gasteiger partial charge in [0.05, 0.1) is 7.11 Å². The number of hydrogen-bond donors (Lipinski definition) is 1. The molecule has 1 amide bonds. The summed E-state index contributed by atoms with van der Waals surface area (Å²) in [6.45, 7) is 9.25. The van der Waals surface area contributed by atoms with Gasteiger partial charge in [-0.2, -0.15) is 0 Å². The van der Waals surface area contributed by atoms with Crippen LogP contribution in [0.15, 0.2) is 24.3 Å². The summed E-state index contributed by atoms with van der Waals surface area (Å²) in [7, 11) is 1.68. The Labute approximate surface area is 141 Å². The topological polar surface area (TPSA) is 41.6 Å². The third-order valence-corrected chi connectivity index (χ3v) is 4.31. The first-order valence-electron chi connectivity index (χ1n) is 8.74. The molecule has 0 aromatic heterocycles. The van der Waals surface area contributed by atoms with Crippen molar-refractivity contribution in [2.24, 2.45) is 0 Å². The van der Waals surface area contributed by atoms with Gasteiger partial charge in [0.15, 0.2) is 0 Å². The van der Waals surface area contributed by atoms with Crippen molar-refractivity contribution in [3.8, 4) is 5.75 Å². The van der Waals surface area contributed by atoms with Crippen LogP contribution in [0, 0.1) is 0 Å². The molecular weight excluding hydrogens is 288 g/mol. The molecule has 4 nitrogen and oxygen atoms in total. The van der Waals surface area contributed by atoms with Gasteiger partial charge < -0.3 is 10.1 Å². The second-order valence-electron chi connectivity index (χ2n) is 5.93. The van der Waals surface area contributed by atoms with Crippen LogP contribution in [0.2, 0.25) is 0 Å². The summed E-state index contributed by atoms with van der Waals surface area (Å²) in [6, 6.07) is 8.54. The third-order valence-electron chi connectivity index (χ3n) is 4.31. The number of likely N-dealkylation sites (N-methyl/N-ethyl adjacent to an activating group) is 1. The zero-order valence-electron chi connectivity index (χ0n) is 15.1. The van der Waals surface area contributed by atoms with E-state index in [4.69, 9.17) is 4.74 Å². The molecule has 1 rings (SSSR count). The Morgan fingerprint density at radius 1 is 1.17 bits per heavy atom. The molecule has 1 aromatic rings. The average molecular weight is 320 g/mol. The maximum Gasteiger partial charge on any atom is 0.220 e. The molecule has 4 heteroatoms.